The number of hydrogen-bond acceptors (Lipinski definition) is 3. The average molecular weight is 409 g/mol. The second kappa shape index (κ2) is 10.3. The van der Waals surface area contributed by atoms with Gasteiger partial charge in [-0.05, 0) is 23.3 Å². The van der Waals surface area contributed by atoms with E-state index in [0.717, 1.165) is 11.1 Å². The highest BCUT2D eigenvalue weighted by Gasteiger charge is 2.18. The van der Waals surface area contributed by atoms with Crippen molar-refractivity contribution in [1.82, 2.24) is 10.9 Å². The molecule has 29 heavy (non-hydrogen) atoms. The summed E-state index contributed by atoms with van der Waals surface area (Å²) in [6.07, 6.45) is 0.194. The van der Waals surface area contributed by atoms with Crippen LogP contribution in [-0.2, 0) is 9.59 Å². The minimum Gasteiger partial charge on any atom is -0.482 e. The number of ether oxygens (including phenoxy) is 1. The highest BCUT2D eigenvalue weighted by molar-refractivity contribution is 6.32. The summed E-state index contributed by atoms with van der Waals surface area (Å²) >= 11 is 5.98. The van der Waals surface area contributed by atoms with Crippen LogP contribution in [0.4, 0.5) is 0 Å². The highest BCUT2D eigenvalue weighted by Crippen LogP contribution is 2.27. The van der Waals surface area contributed by atoms with Gasteiger partial charge >= 0.3 is 0 Å². The quantitative estimate of drug-likeness (QED) is 0.578. The number of para-hydroxylation sites is 1. The van der Waals surface area contributed by atoms with E-state index in [4.69, 9.17) is 16.3 Å². The van der Waals surface area contributed by atoms with Gasteiger partial charge in [-0.15, -0.1) is 0 Å². The molecule has 0 aromatic heterocycles. The first-order valence-electron chi connectivity index (χ1n) is 9.18. The second-order valence-electron chi connectivity index (χ2n) is 6.39. The summed E-state index contributed by atoms with van der Waals surface area (Å²) in [5.74, 6) is -0.486. The lowest BCUT2D eigenvalue weighted by molar-refractivity contribution is -0.130. The number of nitrogens with one attached hydrogen (secondary N) is 2. The lowest BCUT2D eigenvalue weighted by Crippen LogP contribution is -2.44. The average Bonchev–Trinajstić information content (AvgIpc) is 2.76. The summed E-state index contributed by atoms with van der Waals surface area (Å²) in [6, 6.07) is 26.4. The molecule has 3 aromatic rings. The van der Waals surface area contributed by atoms with Crippen LogP contribution >= 0.6 is 11.6 Å². The zero-order chi connectivity index (χ0) is 20.5. The number of benzene rings is 3. The maximum atomic E-state index is 12.4. The summed E-state index contributed by atoms with van der Waals surface area (Å²) in [7, 11) is 0. The van der Waals surface area contributed by atoms with Crippen LogP contribution in [0.1, 0.15) is 23.5 Å². The number of hydrazine groups is 1. The van der Waals surface area contributed by atoms with Crippen LogP contribution in [-0.4, -0.2) is 18.4 Å². The number of hydrogen-bond donors (Lipinski definition) is 2. The van der Waals surface area contributed by atoms with Crippen molar-refractivity contribution >= 4 is 23.4 Å². The second-order valence-corrected chi connectivity index (χ2v) is 6.80. The van der Waals surface area contributed by atoms with Gasteiger partial charge in [0.25, 0.3) is 5.91 Å². The molecule has 0 unspecified atom stereocenters. The Hall–Kier alpha value is -3.31. The number of halogens is 1. The normalized spacial score (nSPS) is 10.4. The van der Waals surface area contributed by atoms with E-state index < -0.39 is 5.91 Å². The molecule has 0 atom stereocenters. The topological polar surface area (TPSA) is 67.4 Å². The molecule has 0 spiro atoms. The van der Waals surface area contributed by atoms with E-state index in [1.54, 1.807) is 24.3 Å². The number of rotatable bonds is 7. The highest BCUT2D eigenvalue weighted by atomic mass is 35.5. The van der Waals surface area contributed by atoms with E-state index in [1.807, 2.05) is 60.7 Å². The van der Waals surface area contributed by atoms with Gasteiger partial charge in [-0.25, -0.2) is 0 Å². The molecule has 3 aromatic carbocycles. The van der Waals surface area contributed by atoms with Crippen molar-refractivity contribution in [2.75, 3.05) is 6.61 Å². The Balaban J connectivity index is 1.55. The van der Waals surface area contributed by atoms with Crippen molar-refractivity contribution in [2.45, 2.75) is 12.3 Å². The molecule has 0 bridgehead atoms. The third-order valence-electron chi connectivity index (χ3n) is 4.33. The Bertz CT molecular complexity index is 909. The monoisotopic (exact) mass is 408 g/mol. The Morgan fingerprint density at radius 2 is 1.28 bits per heavy atom. The van der Waals surface area contributed by atoms with Gasteiger partial charge in [0.15, 0.2) is 6.61 Å². The third-order valence-corrected chi connectivity index (χ3v) is 4.64. The summed E-state index contributed by atoms with van der Waals surface area (Å²) in [5, 5.41) is 0.415. The fourth-order valence-electron chi connectivity index (χ4n) is 2.92. The fourth-order valence-corrected chi connectivity index (χ4v) is 3.11. The predicted octanol–water partition coefficient (Wildman–Crippen LogP) is 4.09. The van der Waals surface area contributed by atoms with Gasteiger partial charge in [-0.1, -0.05) is 84.4 Å². The van der Waals surface area contributed by atoms with Crippen LogP contribution in [0.3, 0.4) is 0 Å². The summed E-state index contributed by atoms with van der Waals surface area (Å²) < 4.78 is 5.36. The van der Waals surface area contributed by atoms with Gasteiger partial charge in [0, 0.05) is 12.3 Å². The molecule has 148 valence electrons. The first kappa shape index (κ1) is 20.4. The molecule has 0 heterocycles. The molecule has 2 N–H and O–H groups in total. The molecule has 0 aliphatic carbocycles. The lowest BCUT2D eigenvalue weighted by Gasteiger charge is -2.18. The van der Waals surface area contributed by atoms with Gasteiger partial charge in [0.2, 0.25) is 5.91 Å². The fraction of sp³-hybridized carbons (Fsp3) is 0.130. The van der Waals surface area contributed by atoms with Gasteiger partial charge in [-0.3, -0.25) is 20.4 Å². The van der Waals surface area contributed by atoms with Gasteiger partial charge in [0.1, 0.15) is 5.75 Å². The van der Waals surface area contributed by atoms with Crippen LogP contribution < -0.4 is 15.6 Å². The maximum Gasteiger partial charge on any atom is 0.276 e. The van der Waals surface area contributed by atoms with E-state index in [2.05, 4.69) is 10.9 Å². The molecule has 2 amide bonds. The number of amides is 2. The molecule has 0 radical (unpaired) electrons. The molecule has 0 saturated heterocycles. The van der Waals surface area contributed by atoms with Crippen LogP contribution in [0.15, 0.2) is 84.9 Å². The molecule has 3 rings (SSSR count). The van der Waals surface area contributed by atoms with E-state index in [0.29, 0.717) is 10.8 Å². The zero-order valence-electron chi connectivity index (χ0n) is 15.7. The van der Waals surface area contributed by atoms with Gasteiger partial charge < -0.3 is 4.74 Å². The van der Waals surface area contributed by atoms with Crippen LogP contribution in [0, 0.1) is 0 Å². The predicted molar refractivity (Wildman–Crippen MR) is 113 cm³/mol. The molecular formula is C23H21ClN2O3. The molecule has 6 heteroatoms. The van der Waals surface area contributed by atoms with E-state index >= 15 is 0 Å². The van der Waals surface area contributed by atoms with Crippen molar-refractivity contribution < 1.29 is 14.3 Å². The largest absolute Gasteiger partial charge is 0.482 e. The van der Waals surface area contributed by atoms with Crippen molar-refractivity contribution in [1.29, 1.82) is 0 Å². The van der Waals surface area contributed by atoms with Gasteiger partial charge in [-0.2, -0.15) is 0 Å². The lowest BCUT2D eigenvalue weighted by atomic mass is 9.88. The standard InChI is InChI=1S/C23H21ClN2O3/c24-20-13-7-8-14-21(20)29-16-23(28)26-25-22(27)15-19(17-9-3-1-4-10-17)18-11-5-2-6-12-18/h1-14,19H,15-16H2,(H,25,27)(H,26,28). The smallest absolute Gasteiger partial charge is 0.276 e. The number of carbonyl (C=O) groups excluding carboxylic acids is 2. The Morgan fingerprint density at radius 3 is 1.86 bits per heavy atom. The first-order chi connectivity index (χ1) is 14.1. The molecule has 5 nitrogen and oxygen atoms in total. The van der Waals surface area contributed by atoms with Crippen LogP contribution in [0.5, 0.6) is 5.75 Å². The van der Waals surface area contributed by atoms with Crippen molar-refractivity contribution in [3.05, 3.63) is 101 Å². The van der Waals surface area contributed by atoms with E-state index in [-0.39, 0.29) is 24.9 Å². The maximum absolute atomic E-state index is 12.4. The SMILES string of the molecule is O=C(COc1ccccc1Cl)NNC(=O)CC(c1ccccc1)c1ccccc1. The molecule has 0 saturated carbocycles. The summed E-state index contributed by atoms with van der Waals surface area (Å²) in [4.78, 5) is 24.4. The Kier molecular flexibility index (Phi) is 7.25. The Labute approximate surface area is 174 Å². The minimum atomic E-state index is -0.478. The molecule has 0 aliphatic rings. The van der Waals surface area contributed by atoms with Crippen molar-refractivity contribution in [3.8, 4) is 5.75 Å². The summed E-state index contributed by atoms with van der Waals surface area (Å²) in [5.41, 5.74) is 6.89. The van der Waals surface area contributed by atoms with Crippen molar-refractivity contribution in [3.63, 3.8) is 0 Å². The molecular weight excluding hydrogens is 388 g/mol. The van der Waals surface area contributed by atoms with Crippen molar-refractivity contribution in [2.24, 2.45) is 0 Å². The van der Waals surface area contributed by atoms with E-state index in [9.17, 15) is 9.59 Å². The Morgan fingerprint density at radius 1 is 0.759 bits per heavy atom. The molecule has 0 aliphatic heterocycles. The third kappa shape index (κ3) is 6.09. The van der Waals surface area contributed by atoms with E-state index in [1.165, 1.54) is 0 Å². The van der Waals surface area contributed by atoms with Crippen LogP contribution in [0.2, 0.25) is 5.02 Å². The van der Waals surface area contributed by atoms with Gasteiger partial charge in [0.05, 0.1) is 5.02 Å². The zero-order valence-corrected chi connectivity index (χ0v) is 16.4. The van der Waals surface area contributed by atoms with Crippen LogP contribution in [0.25, 0.3) is 0 Å². The minimum absolute atomic E-state index is 0.117. The first-order valence-corrected chi connectivity index (χ1v) is 9.56. The number of carbonyl (C=O) groups is 2. The summed E-state index contributed by atoms with van der Waals surface area (Å²) in [6.45, 7) is -0.259. The molecule has 0 fully saturated rings.